The van der Waals surface area contributed by atoms with Crippen molar-refractivity contribution in [2.75, 3.05) is 12.4 Å². The predicted molar refractivity (Wildman–Crippen MR) is 113 cm³/mol. The van der Waals surface area contributed by atoms with E-state index in [-0.39, 0.29) is 17.8 Å². The number of anilines is 1. The summed E-state index contributed by atoms with van der Waals surface area (Å²) in [6.45, 7) is 5.74. The summed E-state index contributed by atoms with van der Waals surface area (Å²) in [5, 5.41) is 11.4. The minimum Gasteiger partial charge on any atom is -0.497 e. The van der Waals surface area contributed by atoms with Gasteiger partial charge >= 0.3 is 0 Å². The van der Waals surface area contributed by atoms with Crippen molar-refractivity contribution in [2.24, 2.45) is 0 Å². The number of amides is 1. The van der Waals surface area contributed by atoms with Gasteiger partial charge in [0.15, 0.2) is 11.0 Å². The zero-order chi connectivity index (χ0) is 21.0. The number of nitrogens with one attached hydrogen (secondary N) is 1. The number of rotatable bonds is 7. The predicted octanol–water partition coefficient (Wildman–Crippen LogP) is 4.79. The van der Waals surface area contributed by atoms with Crippen LogP contribution in [0.15, 0.2) is 53.7 Å². The van der Waals surface area contributed by atoms with Crippen LogP contribution >= 0.6 is 11.8 Å². The van der Waals surface area contributed by atoms with Crippen LogP contribution in [0.25, 0.3) is 11.4 Å². The highest BCUT2D eigenvalue weighted by Gasteiger charge is 2.23. The van der Waals surface area contributed by atoms with Gasteiger partial charge in [0.2, 0.25) is 5.91 Å². The first kappa shape index (κ1) is 20.9. The summed E-state index contributed by atoms with van der Waals surface area (Å²) >= 11 is 1.29. The molecule has 0 spiro atoms. The Balaban J connectivity index is 1.78. The van der Waals surface area contributed by atoms with E-state index in [4.69, 9.17) is 4.74 Å². The third-order valence-electron chi connectivity index (χ3n) is 4.30. The summed E-state index contributed by atoms with van der Waals surface area (Å²) in [6, 6.07) is 13.6. The van der Waals surface area contributed by atoms with Crippen molar-refractivity contribution in [3.05, 3.63) is 54.3 Å². The molecule has 6 nitrogen and oxygen atoms in total. The first-order chi connectivity index (χ1) is 13.9. The summed E-state index contributed by atoms with van der Waals surface area (Å²) in [6.07, 6.45) is 0. The highest BCUT2D eigenvalue weighted by atomic mass is 32.2. The van der Waals surface area contributed by atoms with Gasteiger partial charge in [-0.25, -0.2) is 4.39 Å². The largest absolute Gasteiger partial charge is 0.497 e. The summed E-state index contributed by atoms with van der Waals surface area (Å²) in [5.74, 6) is 0.647. The molecule has 0 saturated heterocycles. The molecule has 0 saturated carbocycles. The van der Waals surface area contributed by atoms with Gasteiger partial charge in [-0.15, -0.1) is 10.2 Å². The lowest BCUT2D eigenvalue weighted by Crippen LogP contribution is -2.23. The second-order valence-electron chi connectivity index (χ2n) is 6.73. The Morgan fingerprint density at radius 2 is 1.79 bits per heavy atom. The van der Waals surface area contributed by atoms with Gasteiger partial charge in [0.05, 0.1) is 17.9 Å². The van der Waals surface area contributed by atoms with Gasteiger partial charge in [0, 0.05) is 11.7 Å². The highest BCUT2D eigenvalue weighted by Crippen LogP contribution is 2.31. The third kappa shape index (κ3) is 4.76. The van der Waals surface area contributed by atoms with E-state index >= 15 is 0 Å². The number of halogens is 1. The van der Waals surface area contributed by atoms with E-state index < -0.39 is 5.25 Å². The van der Waals surface area contributed by atoms with Crippen LogP contribution in [0.1, 0.15) is 26.8 Å². The first-order valence-electron chi connectivity index (χ1n) is 9.22. The topological polar surface area (TPSA) is 69.0 Å². The van der Waals surface area contributed by atoms with E-state index in [1.165, 1.54) is 17.8 Å². The van der Waals surface area contributed by atoms with E-state index in [0.29, 0.717) is 22.2 Å². The molecule has 0 aliphatic carbocycles. The van der Waals surface area contributed by atoms with Gasteiger partial charge in [-0.05, 0) is 57.2 Å². The van der Waals surface area contributed by atoms with Crippen molar-refractivity contribution in [3.63, 3.8) is 0 Å². The molecular weight excluding hydrogens is 391 g/mol. The fourth-order valence-corrected chi connectivity index (χ4v) is 3.76. The highest BCUT2D eigenvalue weighted by molar-refractivity contribution is 8.00. The van der Waals surface area contributed by atoms with Gasteiger partial charge in [-0.1, -0.05) is 23.9 Å². The molecule has 29 heavy (non-hydrogen) atoms. The molecular formula is C21H23FN4O2S. The molecule has 152 valence electrons. The zero-order valence-electron chi connectivity index (χ0n) is 16.7. The molecule has 1 atom stereocenters. The van der Waals surface area contributed by atoms with Crippen molar-refractivity contribution in [2.45, 2.75) is 37.2 Å². The second kappa shape index (κ2) is 9.09. The summed E-state index contributed by atoms with van der Waals surface area (Å²) in [4.78, 5) is 12.6. The van der Waals surface area contributed by atoms with Crippen molar-refractivity contribution < 1.29 is 13.9 Å². The molecule has 2 aromatic carbocycles. The van der Waals surface area contributed by atoms with Crippen LogP contribution in [0.5, 0.6) is 5.75 Å². The number of thioether (sulfide) groups is 1. The van der Waals surface area contributed by atoms with Gasteiger partial charge < -0.3 is 10.1 Å². The van der Waals surface area contributed by atoms with Crippen LogP contribution < -0.4 is 10.1 Å². The molecule has 3 rings (SSSR count). The Bertz CT molecular complexity index is 989. The molecule has 1 amide bonds. The Hall–Kier alpha value is -2.87. The van der Waals surface area contributed by atoms with Crippen molar-refractivity contribution >= 4 is 23.4 Å². The van der Waals surface area contributed by atoms with Crippen LogP contribution in [-0.2, 0) is 4.79 Å². The molecule has 0 fully saturated rings. The number of carbonyl (C=O) groups is 1. The van der Waals surface area contributed by atoms with E-state index in [1.807, 2.05) is 18.4 Å². The van der Waals surface area contributed by atoms with Crippen LogP contribution in [0.3, 0.4) is 0 Å². The summed E-state index contributed by atoms with van der Waals surface area (Å²) in [7, 11) is 1.59. The number of benzene rings is 2. The number of hydrogen-bond acceptors (Lipinski definition) is 5. The minimum absolute atomic E-state index is 0.000967. The summed E-state index contributed by atoms with van der Waals surface area (Å²) in [5.41, 5.74) is 1.07. The maximum Gasteiger partial charge on any atom is 0.237 e. The van der Waals surface area contributed by atoms with Gasteiger partial charge in [-0.2, -0.15) is 0 Å². The van der Waals surface area contributed by atoms with Crippen molar-refractivity contribution in [1.82, 2.24) is 14.8 Å². The molecule has 1 heterocycles. The van der Waals surface area contributed by atoms with Gasteiger partial charge in [0.25, 0.3) is 0 Å². The molecule has 0 aliphatic heterocycles. The molecule has 8 heteroatoms. The van der Waals surface area contributed by atoms with Crippen LogP contribution in [0, 0.1) is 5.82 Å². The lowest BCUT2D eigenvalue weighted by molar-refractivity contribution is -0.115. The third-order valence-corrected chi connectivity index (χ3v) is 5.36. The molecule has 0 radical (unpaired) electrons. The number of hydrogen-bond donors (Lipinski definition) is 1. The van der Waals surface area contributed by atoms with Crippen LogP contribution in [0.4, 0.5) is 10.1 Å². The van der Waals surface area contributed by atoms with Crippen LogP contribution in [-0.4, -0.2) is 33.0 Å². The quantitative estimate of drug-likeness (QED) is 0.563. The minimum atomic E-state index is -0.424. The first-order valence-corrected chi connectivity index (χ1v) is 10.1. The smallest absolute Gasteiger partial charge is 0.237 e. The van der Waals surface area contributed by atoms with Crippen molar-refractivity contribution in [3.8, 4) is 17.1 Å². The Labute approximate surface area is 173 Å². The van der Waals surface area contributed by atoms with Crippen LogP contribution in [0.2, 0.25) is 0 Å². The fourth-order valence-electron chi connectivity index (χ4n) is 2.78. The SMILES string of the molecule is COc1ccc(NC(=O)[C@H](C)Sc2nnc(-c3ccccc3F)n2C(C)C)cc1. The number of carbonyl (C=O) groups excluding carboxylic acids is 1. The molecule has 0 aliphatic rings. The van der Waals surface area contributed by atoms with E-state index in [0.717, 1.165) is 5.75 Å². The maximum absolute atomic E-state index is 14.3. The van der Waals surface area contributed by atoms with E-state index in [2.05, 4.69) is 15.5 Å². The lowest BCUT2D eigenvalue weighted by atomic mass is 10.2. The Morgan fingerprint density at radius 3 is 2.41 bits per heavy atom. The molecule has 1 N–H and O–H groups in total. The maximum atomic E-state index is 14.3. The average molecular weight is 415 g/mol. The number of nitrogens with zero attached hydrogens (tertiary/aromatic N) is 3. The zero-order valence-corrected chi connectivity index (χ0v) is 17.5. The van der Waals surface area contributed by atoms with Gasteiger partial charge in [0.1, 0.15) is 11.6 Å². The normalized spacial score (nSPS) is 12.1. The Kier molecular flexibility index (Phi) is 6.53. The lowest BCUT2D eigenvalue weighted by Gasteiger charge is -2.16. The van der Waals surface area contributed by atoms with Gasteiger partial charge in [-0.3, -0.25) is 9.36 Å². The fraction of sp³-hybridized carbons (Fsp3) is 0.286. The molecule has 3 aromatic rings. The van der Waals surface area contributed by atoms with Crippen molar-refractivity contribution in [1.29, 1.82) is 0 Å². The molecule has 1 aromatic heterocycles. The average Bonchev–Trinajstić information content (AvgIpc) is 3.12. The number of ether oxygens (including phenoxy) is 1. The van der Waals surface area contributed by atoms with E-state index in [9.17, 15) is 9.18 Å². The summed E-state index contributed by atoms with van der Waals surface area (Å²) < 4.78 is 21.2. The molecule has 0 unspecified atom stereocenters. The second-order valence-corrected chi connectivity index (χ2v) is 8.04. The monoisotopic (exact) mass is 414 g/mol. The number of methoxy groups -OCH3 is 1. The standard InChI is InChI=1S/C21H23FN4O2S/c1-13(2)26-19(17-7-5-6-8-18(17)22)24-25-21(26)29-14(3)20(27)23-15-9-11-16(28-4)12-10-15/h5-14H,1-4H3,(H,23,27)/t14-/m0/s1. The molecule has 0 bridgehead atoms. The Morgan fingerprint density at radius 1 is 1.10 bits per heavy atom. The number of aromatic nitrogens is 3. The van der Waals surface area contributed by atoms with E-state index in [1.54, 1.807) is 56.5 Å².